The van der Waals surface area contributed by atoms with Gasteiger partial charge in [-0.05, 0) is 48.2 Å². The molecular formula is C18H18ClNO5S. The van der Waals surface area contributed by atoms with Crippen molar-refractivity contribution in [2.24, 2.45) is 0 Å². The van der Waals surface area contributed by atoms with Crippen LogP contribution < -0.4 is 9.46 Å². The molecule has 0 radical (unpaired) electrons. The molecule has 3 rings (SSSR count). The molecular weight excluding hydrogens is 378 g/mol. The van der Waals surface area contributed by atoms with Crippen molar-refractivity contribution in [1.82, 2.24) is 4.72 Å². The molecule has 1 aliphatic heterocycles. The Labute approximate surface area is 156 Å². The normalized spacial score (nSPS) is 16.6. The first-order valence-electron chi connectivity index (χ1n) is 8.08. The quantitative estimate of drug-likeness (QED) is 0.784. The molecule has 26 heavy (non-hydrogen) atoms. The van der Waals surface area contributed by atoms with E-state index in [1.54, 1.807) is 0 Å². The van der Waals surface area contributed by atoms with Crippen molar-refractivity contribution in [3.8, 4) is 5.75 Å². The zero-order chi connectivity index (χ0) is 18.7. The van der Waals surface area contributed by atoms with E-state index in [0.29, 0.717) is 23.6 Å². The first kappa shape index (κ1) is 18.7. The number of benzene rings is 2. The minimum absolute atomic E-state index is 0.0203. The van der Waals surface area contributed by atoms with Gasteiger partial charge in [-0.15, -0.1) is 0 Å². The molecule has 0 aromatic heterocycles. The molecule has 0 saturated heterocycles. The molecule has 0 amide bonds. The molecule has 1 heterocycles. The molecule has 0 bridgehead atoms. The van der Waals surface area contributed by atoms with Gasteiger partial charge in [0.25, 0.3) is 0 Å². The van der Waals surface area contributed by atoms with Crippen LogP contribution in [0.4, 0.5) is 0 Å². The fraction of sp³-hybridized carbons (Fsp3) is 0.278. The molecule has 2 aromatic carbocycles. The van der Waals surface area contributed by atoms with E-state index in [1.165, 1.54) is 24.3 Å². The maximum atomic E-state index is 12.5. The molecule has 138 valence electrons. The van der Waals surface area contributed by atoms with Crippen LogP contribution in [-0.4, -0.2) is 32.1 Å². The molecule has 6 nitrogen and oxygen atoms in total. The van der Waals surface area contributed by atoms with Crippen LogP contribution in [0, 0.1) is 0 Å². The zero-order valence-electron chi connectivity index (χ0n) is 13.8. The second-order valence-electron chi connectivity index (χ2n) is 6.09. The van der Waals surface area contributed by atoms with Crippen molar-refractivity contribution in [3.63, 3.8) is 0 Å². The average Bonchev–Trinajstić information content (AvgIpc) is 2.59. The number of halogens is 1. The maximum Gasteiger partial charge on any atom is 0.303 e. The van der Waals surface area contributed by atoms with Gasteiger partial charge in [0.2, 0.25) is 10.0 Å². The summed E-state index contributed by atoms with van der Waals surface area (Å²) in [6.45, 7) is 0.184. The highest BCUT2D eigenvalue weighted by atomic mass is 35.5. The highest BCUT2D eigenvalue weighted by molar-refractivity contribution is 7.89. The molecule has 1 aliphatic rings. The van der Waals surface area contributed by atoms with Gasteiger partial charge in [-0.1, -0.05) is 29.8 Å². The lowest BCUT2D eigenvalue weighted by molar-refractivity contribution is -0.136. The van der Waals surface area contributed by atoms with Crippen molar-refractivity contribution in [2.75, 3.05) is 6.61 Å². The summed E-state index contributed by atoms with van der Waals surface area (Å²) in [6.07, 6.45) is 0.870. The van der Waals surface area contributed by atoms with E-state index in [2.05, 4.69) is 4.72 Å². The van der Waals surface area contributed by atoms with E-state index < -0.39 is 22.0 Å². The minimum atomic E-state index is -3.68. The van der Waals surface area contributed by atoms with Gasteiger partial charge in [0.05, 0.1) is 10.9 Å². The van der Waals surface area contributed by atoms with Crippen LogP contribution in [0.1, 0.15) is 17.5 Å². The Hall–Kier alpha value is -2.09. The van der Waals surface area contributed by atoms with Gasteiger partial charge >= 0.3 is 5.97 Å². The van der Waals surface area contributed by atoms with E-state index in [0.717, 1.165) is 11.1 Å². The first-order valence-corrected chi connectivity index (χ1v) is 9.94. The fourth-order valence-electron chi connectivity index (χ4n) is 2.91. The minimum Gasteiger partial charge on any atom is -0.491 e. The van der Waals surface area contributed by atoms with Gasteiger partial charge in [-0.3, -0.25) is 4.79 Å². The lowest BCUT2D eigenvalue weighted by Crippen LogP contribution is -2.42. The summed E-state index contributed by atoms with van der Waals surface area (Å²) in [5.74, 6) is -0.206. The molecule has 2 aromatic rings. The lowest BCUT2D eigenvalue weighted by Gasteiger charge is -2.27. The number of sulfonamides is 1. The van der Waals surface area contributed by atoms with Crippen LogP contribution in [0.2, 0.25) is 5.02 Å². The van der Waals surface area contributed by atoms with Crippen LogP contribution in [-0.2, 0) is 27.7 Å². The Morgan fingerprint density at radius 1 is 1.23 bits per heavy atom. The topological polar surface area (TPSA) is 92.7 Å². The molecule has 1 atom stereocenters. The molecule has 0 aliphatic carbocycles. The number of fused-ring (bicyclic) bond motifs is 1. The summed E-state index contributed by atoms with van der Waals surface area (Å²) in [6, 6.07) is 11.1. The number of hydrogen-bond acceptors (Lipinski definition) is 4. The second-order valence-corrected chi connectivity index (χ2v) is 8.24. The van der Waals surface area contributed by atoms with Gasteiger partial charge < -0.3 is 9.84 Å². The number of aryl methyl sites for hydroxylation is 1. The van der Waals surface area contributed by atoms with Gasteiger partial charge in [-0.2, -0.15) is 0 Å². The van der Waals surface area contributed by atoms with Crippen molar-refractivity contribution < 1.29 is 23.1 Å². The van der Waals surface area contributed by atoms with Crippen molar-refractivity contribution in [2.45, 2.75) is 30.2 Å². The molecule has 0 spiro atoms. The molecule has 0 fully saturated rings. The Morgan fingerprint density at radius 3 is 2.65 bits per heavy atom. The molecule has 8 heteroatoms. The summed E-state index contributed by atoms with van der Waals surface area (Å²) < 4.78 is 33.4. The standard InChI is InChI=1S/C18H18ClNO5S/c19-14-5-7-16(8-6-14)26(23,24)20-15-10-13-3-1-2-12(4-9-17(21)22)18(13)25-11-15/h1-3,5-8,15,20H,4,9-11H2,(H,21,22). The number of carbonyl (C=O) groups is 1. The molecule has 2 N–H and O–H groups in total. The second kappa shape index (κ2) is 7.65. The van der Waals surface area contributed by atoms with Crippen molar-refractivity contribution in [3.05, 3.63) is 58.6 Å². The Kier molecular flexibility index (Phi) is 5.50. The van der Waals surface area contributed by atoms with E-state index in [9.17, 15) is 13.2 Å². The predicted octanol–water partition coefficient (Wildman–Crippen LogP) is 2.64. The number of ether oxygens (including phenoxy) is 1. The molecule has 1 unspecified atom stereocenters. The van der Waals surface area contributed by atoms with Crippen LogP contribution in [0.25, 0.3) is 0 Å². The van der Waals surface area contributed by atoms with Gasteiger partial charge in [0.15, 0.2) is 0 Å². The monoisotopic (exact) mass is 395 g/mol. The highest BCUT2D eigenvalue weighted by Gasteiger charge is 2.26. The number of carboxylic acid groups (broad SMARTS) is 1. The van der Waals surface area contributed by atoms with Gasteiger partial charge in [0.1, 0.15) is 12.4 Å². The molecule has 0 saturated carbocycles. The summed E-state index contributed by atoms with van der Waals surface area (Å²) in [7, 11) is -3.68. The van der Waals surface area contributed by atoms with Crippen LogP contribution in [0.5, 0.6) is 5.75 Å². The zero-order valence-corrected chi connectivity index (χ0v) is 15.4. The van der Waals surface area contributed by atoms with E-state index in [1.807, 2.05) is 18.2 Å². The third kappa shape index (κ3) is 4.35. The van der Waals surface area contributed by atoms with Crippen molar-refractivity contribution >= 4 is 27.6 Å². The van der Waals surface area contributed by atoms with Crippen LogP contribution in [0.3, 0.4) is 0 Å². The third-order valence-electron chi connectivity index (χ3n) is 4.13. The van der Waals surface area contributed by atoms with Crippen molar-refractivity contribution in [1.29, 1.82) is 0 Å². The third-order valence-corrected chi connectivity index (χ3v) is 5.92. The van der Waals surface area contributed by atoms with Gasteiger partial charge in [-0.25, -0.2) is 13.1 Å². The number of hydrogen-bond donors (Lipinski definition) is 2. The fourth-order valence-corrected chi connectivity index (χ4v) is 4.25. The van der Waals surface area contributed by atoms with Gasteiger partial charge in [0, 0.05) is 11.4 Å². The predicted molar refractivity (Wildman–Crippen MR) is 97.2 cm³/mol. The summed E-state index contributed by atoms with van der Waals surface area (Å²) in [4.78, 5) is 10.9. The maximum absolute atomic E-state index is 12.5. The Morgan fingerprint density at radius 2 is 1.96 bits per heavy atom. The number of nitrogens with one attached hydrogen (secondary N) is 1. The largest absolute Gasteiger partial charge is 0.491 e. The number of rotatable bonds is 6. The number of carboxylic acids is 1. The average molecular weight is 396 g/mol. The van der Waals surface area contributed by atoms with E-state index in [4.69, 9.17) is 21.4 Å². The SMILES string of the molecule is O=C(O)CCc1cccc2c1OCC(NS(=O)(=O)c1ccc(Cl)cc1)C2. The Bertz CT molecular complexity index is 912. The number of aliphatic carboxylic acids is 1. The van der Waals surface area contributed by atoms with E-state index >= 15 is 0 Å². The van der Waals surface area contributed by atoms with Crippen LogP contribution >= 0.6 is 11.6 Å². The Balaban J connectivity index is 1.73. The highest BCUT2D eigenvalue weighted by Crippen LogP contribution is 2.30. The first-order chi connectivity index (χ1) is 12.3. The summed E-state index contributed by atoms with van der Waals surface area (Å²) >= 11 is 5.80. The summed E-state index contributed by atoms with van der Waals surface area (Å²) in [5, 5.41) is 9.31. The number of para-hydroxylation sites is 1. The van der Waals surface area contributed by atoms with Crippen LogP contribution in [0.15, 0.2) is 47.4 Å². The van der Waals surface area contributed by atoms with E-state index in [-0.39, 0.29) is 17.9 Å². The lowest BCUT2D eigenvalue weighted by atomic mass is 9.98. The summed E-state index contributed by atoms with van der Waals surface area (Å²) in [5.41, 5.74) is 1.69. The smallest absolute Gasteiger partial charge is 0.303 e.